The van der Waals surface area contributed by atoms with Crippen LogP contribution in [0.4, 0.5) is 0 Å². The van der Waals surface area contributed by atoms with Gasteiger partial charge in [0.1, 0.15) is 17.5 Å². The van der Waals surface area contributed by atoms with E-state index in [1.165, 1.54) is 0 Å². The fourth-order valence-corrected chi connectivity index (χ4v) is 1.90. The number of benzene rings is 1. The fourth-order valence-electron chi connectivity index (χ4n) is 1.90. The van der Waals surface area contributed by atoms with Crippen molar-refractivity contribution in [3.63, 3.8) is 0 Å². The summed E-state index contributed by atoms with van der Waals surface area (Å²) >= 11 is 0. The van der Waals surface area contributed by atoms with Crippen molar-refractivity contribution in [2.75, 3.05) is 20.8 Å². The van der Waals surface area contributed by atoms with Gasteiger partial charge >= 0.3 is 0 Å². The summed E-state index contributed by atoms with van der Waals surface area (Å²) in [4.78, 5) is 0. The van der Waals surface area contributed by atoms with E-state index in [-0.39, 0.29) is 11.7 Å². The van der Waals surface area contributed by atoms with Crippen LogP contribution in [-0.2, 0) is 4.74 Å². The Morgan fingerprint density at radius 1 is 1.11 bits per heavy atom. The second-order valence-electron chi connectivity index (χ2n) is 5.00. The first kappa shape index (κ1) is 13.0. The standard InChI is InChI=1S/C14H20O4/c1-9-6-11(16-5)12(7-10(9)15-4)18-14(2,3)13-8-17-13/h6-7,13H,8H2,1-5H3. The average Bonchev–Trinajstić information content (AvgIpc) is 3.14. The minimum Gasteiger partial charge on any atom is -0.496 e. The van der Waals surface area contributed by atoms with Gasteiger partial charge in [-0.2, -0.15) is 0 Å². The Kier molecular flexibility index (Phi) is 3.39. The van der Waals surface area contributed by atoms with Crippen LogP contribution in [0.15, 0.2) is 12.1 Å². The summed E-state index contributed by atoms with van der Waals surface area (Å²) in [6.07, 6.45) is 0.148. The molecule has 1 aromatic rings. The third-order valence-electron chi connectivity index (χ3n) is 3.16. The van der Waals surface area contributed by atoms with E-state index in [4.69, 9.17) is 18.9 Å². The molecule has 18 heavy (non-hydrogen) atoms. The highest BCUT2D eigenvalue weighted by molar-refractivity contribution is 5.50. The van der Waals surface area contributed by atoms with Crippen LogP contribution in [0.2, 0.25) is 0 Å². The largest absolute Gasteiger partial charge is 0.496 e. The normalized spacial score (nSPS) is 18.4. The van der Waals surface area contributed by atoms with Crippen LogP contribution in [0.3, 0.4) is 0 Å². The van der Waals surface area contributed by atoms with Gasteiger partial charge in [0.2, 0.25) is 0 Å². The molecule has 4 heteroatoms. The third-order valence-corrected chi connectivity index (χ3v) is 3.16. The van der Waals surface area contributed by atoms with E-state index in [1.54, 1.807) is 14.2 Å². The van der Waals surface area contributed by atoms with E-state index < -0.39 is 0 Å². The Bertz CT molecular complexity index is 436. The molecule has 1 aliphatic heterocycles. The quantitative estimate of drug-likeness (QED) is 0.755. The van der Waals surface area contributed by atoms with Gasteiger partial charge < -0.3 is 18.9 Å². The van der Waals surface area contributed by atoms with Crippen LogP contribution in [0.1, 0.15) is 19.4 Å². The van der Waals surface area contributed by atoms with Gasteiger partial charge in [0.25, 0.3) is 0 Å². The Morgan fingerprint density at radius 3 is 2.22 bits per heavy atom. The minimum atomic E-state index is -0.368. The molecule has 4 nitrogen and oxygen atoms in total. The van der Waals surface area contributed by atoms with Crippen molar-refractivity contribution in [2.24, 2.45) is 0 Å². The van der Waals surface area contributed by atoms with Gasteiger partial charge in [-0.1, -0.05) is 0 Å². The molecule has 0 aromatic heterocycles. The van der Waals surface area contributed by atoms with Crippen LogP contribution >= 0.6 is 0 Å². The number of hydrogen-bond acceptors (Lipinski definition) is 4. The first-order valence-corrected chi connectivity index (χ1v) is 6.01. The van der Waals surface area contributed by atoms with Gasteiger partial charge in [-0.15, -0.1) is 0 Å². The Labute approximate surface area is 108 Å². The highest BCUT2D eigenvalue weighted by atomic mass is 16.6. The number of epoxide rings is 1. The summed E-state index contributed by atoms with van der Waals surface area (Å²) in [7, 11) is 3.28. The number of methoxy groups -OCH3 is 2. The van der Waals surface area contributed by atoms with E-state index in [0.717, 1.165) is 17.9 Å². The fraction of sp³-hybridized carbons (Fsp3) is 0.571. The molecule has 100 valence electrons. The summed E-state index contributed by atoms with van der Waals surface area (Å²) in [6.45, 7) is 6.74. The Morgan fingerprint density at radius 2 is 1.72 bits per heavy atom. The van der Waals surface area contributed by atoms with Gasteiger partial charge in [0.15, 0.2) is 11.5 Å². The van der Waals surface area contributed by atoms with Crippen LogP contribution in [-0.4, -0.2) is 32.5 Å². The first-order chi connectivity index (χ1) is 8.47. The molecule has 0 spiro atoms. The minimum absolute atomic E-state index is 0.148. The molecule has 1 saturated heterocycles. The number of aryl methyl sites for hydroxylation is 1. The van der Waals surface area contributed by atoms with Crippen molar-refractivity contribution >= 4 is 0 Å². The molecule has 0 N–H and O–H groups in total. The Hall–Kier alpha value is -1.42. The van der Waals surface area contributed by atoms with Crippen LogP contribution in [0.25, 0.3) is 0 Å². The zero-order valence-electron chi connectivity index (χ0n) is 11.6. The summed E-state index contributed by atoms with van der Waals surface area (Å²) in [5, 5.41) is 0. The summed E-state index contributed by atoms with van der Waals surface area (Å²) in [6, 6.07) is 3.77. The molecular weight excluding hydrogens is 232 g/mol. The lowest BCUT2D eigenvalue weighted by Gasteiger charge is -2.26. The molecule has 1 aromatic carbocycles. The maximum atomic E-state index is 6.02. The predicted octanol–water partition coefficient (Wildman–Crippen LogP) is 2.57. The number of ether oxygens (including phenoxy) is 4. The highest BCUT2D eigenvalue weighted by Crippen LogP contribution is 2.38. The molecule has 0 bridgehead atoms. The van der Waals surface area contributed by atoms with Gasteiger partial charge in [0, 0.05) is 6.07 Å². The lowest BCUT2D eigenvalue weighted by Crippen LogP contribution is -2.34. The molecule has 1 fully saturated rings. The van der Waals surface area contributed by atoms with Gasteiger partial charge in [-0.05, 0) is 32.4 Å². The third kappa shape index (κ3) is 2.53. The van der Waals surface area contributed by atoms with Crippen molar-refractivity contribution in [3.05, 3.63) is 17.7 Å². The molecule has 1 heterocycles. The van der Waals surface area contributed by atoms with Crippen molar-refractivity contribution < 1.29 is 18.9 Å². The average molecular weight is 252 g/mol. The van der Waals surface area contributed by atoms with E-state index in [2.05, 4.69) is 0 Å². The van der Waals surface area contributed by atoms with Crippen molar-refractivity contribution in [1.29, 1.82) is 0 Å². The summed E-state index contributed by atoms with van der Waals surface area (Å²) < 4.78 is 22.0. The van der Waals surface area contributed by atoms with Crippen molar-refractivity contribution in [3.8, 4) is 17.2 Å². The zero-order valence-corrected chi connectivity index (χ0v) is 11.6. The second-order valence-corrected chi connectivity index (χ2v) is 5.00. The smallest absolute Gasteiger partial charge is 0.165 e. The molecule has 1 atom stereocenters. The first-order valence-electron chi connectivity index (χ1n) is 6.01. The van der Waals surface area contributed by atoms with Crippen LogP contribution < -0.4 is 14.2 Å². The van der Waals surface area contributed by atoms with Gasteiger partial charge in [-0.3, -0.25) is 0 Å². The molecular formula is C14H20O4. The molecule has 0 amide bonds. The van der Waals surface area contributed by atoms with E-state index in [1.807, 2.05) is 32.9 Å². The number of rotatable bonds is 5. The molecule has 0 saturated carbocycles. The monoisotopic (exact) mass is 252 g/mol. The zero-order chi connectivity index (χ0) is 13.3. The van der Waals surface area contributed by atoms with Crippen LogP contribution in [0.5, 0.6) is 17.2 Å². The van der Waals surface area contributed by atoms with Crippen molar-refractivity contribution in [1.82, 2.24) is 0 Å². The summed E-state index contributed by atoms with van der Waals surface area (Å²) in [5.74, 6) is 2.18. The second kappa shape index (κ2) is 4.69. The predicted molar refractivity (Wildman–Crippen MR) is 68.7 cm³/mol. The molecule has 2 rings (SSSR count). The topological polar surface area (TPSA) is 40.2 Å². The van der Waals surface area contributed by atoms with E-state index in [9.17, 15) is 0 Å². The van der Waals surface area contributed by atoms with E-state index >= 15 is 0 Å². The molecule has 0 radical (unpaired) electrons. The van der Waals surface area contributed by atoms with Gasteiger partial charge in [-0.25, -0.2) is 0 Å². The SMILES string of the molecule is COc1cc(OC(C)(C)C2CO2)c(OC)cc1C. The molecule has 0 aliphatic carbocycles. The lowest BCUT2D eigenvalue weighted by molar-refractivity contribution is 0.0709. The lowest BCUT2D eigenvalue weighted by atomic mass is 10.1. The maximum Gasteiger partial charge on any atom is 0.165 e. The van der Waals surface area contributed by atoms with Crippen LogP contribution in [0, 0.1) is 6.92 Å². The van der Waals surface area contributed by atoms with Gasteiger partial charge in [0.05, 0.1) is 20.8 Å². The Balaban J connectivity index is 2.30. The molecule has 1 aliphatic rings. The van der Waals surface area contributed by atoms with E-state index in [0.29, 0.717) is 11.5 Å². The van der Waals surface area contributed by atoms with Crippen molar-refractivity contribution in [2.45, 2.75) is 32.5 Å². The number of hydrogen-bond donors (Lipinski definition) is 0. The maximum absolute atomic E-state index is 6.02. The summed E-state index contributed by atoms with van der Waals surface area (Å²) in [5.41, 5.74) is 0.648. The molecule has 1 unspecified atom stereocenters. The highest BCUT2D eigenvalue weighted by Gasteiger charge is 2.42.